The van der Waals surface area contributed by atoms with Crippen LogP contribution in [0.5, 0.6) is 0 Å². The molecule has 1 aliphatic heterocycles. The highest BCUT2D eigenvalue weighted by Crippen LogP contribution is 2.19. The summed E-state index contributed by atoms with van der Waals surface area (Å²) in [5.41, 5.74) is 2.20. The van der Waals surface area contributed by atoms with Gasteiger partial charge in [-0.05, 0) is 38.6 Å². The van der Waals surface area contributed by atoms with E-state index >= 15 is 0 Å². The number of benzene rings is 1. The Morgan fingerprint density at radius 2 is 2.14 bits per heavy atom. The number of hydrogen-bond acceptors (Lipinski definition) is 5. The van der Waals surface area contributed by atoms with Gasteiger partial charge in [0.15, 0.2) is 5.82 Å². The first-order valence-corrected chi connectivity index (χ1v) is 7.60. The summed E-state index contributed by atoms with van der Waals surface area (Å²) in [7, 11) is 0. The predicted octanol–water partition coefficient (Wildman–Crippen LogP) is 2.23. The Balaban J connectivity index is 1.70. The first kappa shape index (κ1) is 14.2. The molecule has 5 nitrogen and oxygen atoms in total. The quantitative estimate of drug-likeness (QED) is 0.913. The largest absolute Gasteiger partial charge is 0.334 e. The van der Waals surface area contributed by atoms with Crippen molar-refractivity contribution in [2.75, 3.05) is 19.6 Å². The molecule has 2 aromatic rings. The number of nitrogens with zero attached hydrogens (tertiary/aromatic N) is 3. The highest BCUT2D eigenvalue weighted by atomic mass is 16.5. The molecule has 0 aliphatic carbocycles. The van der Waals surface area contributed by atoms with E-state index in [1.54, 1.807) is 0 Å². The van der Waals surface area contributed by atoms with Crippen LogP contribution >= 0.6 is 0 Å². The zero-order chi connectivity index (χ0) is 14.7. The minimum Gasteiger partial charge on any atom is -0.334 e. The minimum atomic E-state index is 0.580. The maximum Gasteiger partial charge on any atom is 0.257 e. The van der Waals surface area contributed by atoms with Crippen LogP contribution in [0.1, 0.15) is 24.7 Å². The van der Waals surface area contributed by atoms with E-state index in [0.29, 0.717) is 11.9 Å². The van der Waals surface area contributed by atoms with E-state index in [4.69, 9.17) is 4.52 Å². The van der Waals surface area contributed by atoms with E-state index < -0.39 is 0 Å². The lowest BCUT2D eigenvalue weighted by Crippen LogP contribution is -2.36. The molecule has 0 spiro atoms. The molecule has 5 heteroatoms. The Bertz CT molecular complexity index is 572. The van der Waals surface area contributed by atoms with Crippen LogP contribution < -0.4 is 5.32 Å². The van der Waals surface area contributed by atoms with Crippen molar-refractivity contribution in [1.82, 2.24) is 20.4 Å². The lowest BCUT2D eigenvalue weighted by molar-refractivity contribution is 0.202. The molecule has 1 aromatic heterocycles. The van der Waals surface area contributed by atoms with Crippen molar-refractivity contribution in [2.24, 2.45) is 0 Å². The van der Waals surface area contributed by atoms with Crippen molar-refractivity contribution in [1.29, 1.82) is 0 Å². The number of nitrogens with one attached hydrogen (secondary N) is 1. The van der Waals surface area contributed by atoms with Crippen molar-refractivity contribution in [2.45, 2.75) is 32.9 Å². The van der Waals surface area contributed by atoms with E-state index in [1.165, 1.54) is 12.0 Å². The summed E-state index contributed by atoms with van der Waals surface area (Å²) in [5, 5.41) is 7.53. The average molecular weight is 286 g/mol. The molecule has 1 N–H and O–H groups in total. The smallest absolute Gasteiger partial charge is 0.257 e. The maximum atomic E-state index is 5.40. The molecule has 1 saturated heterocycles. The van der Waals surface area contributed by atoms with Crippen LogP contribution in [-0.2, 0) is 6.54 Å². The van der Waals surface area contributed by atoms with Crippen LogP contribution in [0.4, 0.5) is 0 Å². The molecule has 112 valence electrons. The predicted molar refractivity (Wildman–Crippen MR) is 81.8 cm³/mol. The van der Waals surface area contributed by atoms with E-state index in [-0.39, 0.29) is 0 Å². The molecule has 0 bridgehead atoms. The lowest BCUT2D eigenvalue weighted by Gasteiger charge is -2.25. The van der Waals surface area contributed by atoms with Gasteiger partial charge in [-0.3, -0.25) is 4.90 Å². The zero-order valence-corrected chi connectivity index (χ0v) is 12.7. The topological polar surface area (TPSA) is 54.2 Å². The van der Waals surface area contributed by atoms with Gasteiger partial charge in [-0.2, -0.15) is 4.98 Å². The van der Waals surface area contributed by atoms with Gasteiger partial charge < -0.3 is 9.84 Å². The average Bonchev–Trinajstić information content (AvgIpc) is 3.17. The number of likely N-dealkylation sites (N-methyl/N-ethyl adjacent to an activating group) is 1. The van der Waals surface area contributed by atoms with Gasteiger partial charge in [-0.1, -0.05) is 29.8 Å². The number of hydrogen-bond donors (Lipinski definition) is 1. The van der Waals surface area contributed by atoms with Gasteiger partial charge in [-0.15, -0.1) is 0 Å². The van der Waals surface area contributed by atoms with Gasteiger partial charge in [0.2, 0.25) is 0 Å². The fourth-order valence-corrected chi connectivity index (χ4v) is 2.76. The van der Waals surface area contributed by atoms with Gasteiger partial charge in [0.05, 0.1) is 6.54 Å². The summed E-state index contributed by atoms with van der Waals surface area (Å²) < 4.78 is 5.40. The summed E-state index contributed by atoms with van der Waals surface area (Å²) in [6.45, 7) is 8.15. The summed E-state index contributed by atoms with van der Waals surface area (Å²) in [6.07, 6.45) is 1.19. The highest BCUT2D eigenvalue weighted by Gasteiger charge is 2.22. The lowest BCUT2D eigenvalue weighted by atomic mass is 10.1. The Morgan fingerprint density at radius 1 is 1.33 bits per heavy atom. The van der Waals surface area contributed by atoms with Crippen LogP contribution in [0.15, 0.2) is 28.8 Å². The molecule has 1 aromatic carbocycles. The van der Waals surface area contributed by atoms with E-state index in [0.717, 1.165) is 37.6 Å². The van der Waals surface area contributed by atoms with Crippen LogP contribution in [-0.4, -0.2) is 40.7 Å². The summed E-state index contributed by atoms with van der Waals surface area (Å²) in [6, 6.07) is 8.73. The number of rotatable bonds is 5. The molecule has 1 aliphatic rings. The first-order valence-electron chi connectivity index (χ1n) is 7.60. The third-order valence-corrected chi connectivity index (χ3v) is 4.07. The van der Waals surface area contributed by atoms with Crippen LogP contribution in [0.2, 0.25) is 0 Å². The molecule has 1 atom stereocenters. The Morgan fingerprint density at radius 3 is 2.81 bits per heavy atom. The van der Waals surface area contributed by atoms with Gasteiger partial charge in [-0.25, -0.2) is 0 Å². The molecule has 0 amide bonds. The Kier molecular flexibility index (Phi) is 4.31. The molecule has 1 unspecified atom stereocenters. The molecule has 2 heterocycles. The molecule has 0 saturated carbocycles. The third kappa shape index (κ3) is 3.31. The standard InChI is InChI=1S/C16H22N4O/c1-3-20(14-8-9-17-10-14)11-15-18-16(21-19-15)13-6-4-12(2)5-7-13/h4-7,14,17H,3,8-11H2,1-2H3. The monoisotopic (exact) mass is 286 g/mol. The van der Waals surface area contributed by atoms with Gasteiger partial charge >= 0.3 is 0 Å². The Labute approximate surface area is 125 Å². The van der Waals surface area contributed by atoms with Gasteiger partial charge in [0, 0.05) is 18.2 Å². The van der Waals surface area contributed by atoms with Crippen molar-refractivity contribution >= 4 is 0 Å². The summed E-state index contributed by atoms with van der Waals surface area (Å²) >= 11 is 0. The third-order valence-electron chi connectivity index (χ3n) is 4.07. The van der Waals surface area contributed by atoms with Crippen LogP contribution in [0.3, 0.4) is 0 Å². The van der Waals surface area contributed by atoms with Crippen LogP contribution in [0, 0.1) is 6.92 Å². The molecule has 3 rings (SSSR count). The van der Waals surface area contributed by atoms with E-state index in [2.05, 4.69) is 46.3 Å². The second kappa shape index (κ2) is 6.37. The zero-order valence-electron chi connectivity index (χ0n) is 12.7. The van der Waals surface area contributed by atoms with Crippen LogP contribution in [0.25, 0.3) is 11.5 Å². The first-order chi connectivity index (χ1) is 10.3. The number of aryl methyl sites for hydroxylation is 1. The summed E-state index contributed by atoms with van der Waals surface area (Å²) in [5.74, 6) is 1.37. The van der Waals surface area contributed by atoms with Gasteiger partial charge in [0.1, 0.15) is 0 Å². The van der Waals surface area contributed by atoms with E-state index in [9.17, 15) is 0 Å². The normalized spacial score (nSPS) is 18.5. The summed E-state index contributed by atoms with van der Waals surface area (Å²) in [4.78, 5) is 6.94. The second-order valence-corrected chi connectivity index (χ2v) is 5.59. The fourth-order valence-electron chi connectivity index (χ4n) is 2.76. The molecular formula is C16H22N4O. The van der Waals surface area contributed by atoms with Crippen molar-refractivity contribution in [3.8, 4) is 11.5 Å². The Hall–Kier alpha value is -1.72. The van der Waals surface area contributed by atoms with E-state index in [1.807, 2.05) is 12.1 Å². The molecular weight excluding hydrogens is 264 g/mol. The SMILES string of the molecule is CCN(Cc1noc(-c2ccc(C)cc2)n1)C1CCNC1. The molecule has 1 fully saturated rings. The fraction of sp³-hybridized carbons (Fsp3) is 0.500. The van der Waals surface area contributed by atoms with Crippen molar-refractivity contribution < 1.29 is 4.52 Å². The van der Waals surface area contributed by atoms with Gasteiger partial charge in [0.25, 0.3) is 5.89 Å². The molecule has 21 heavy (non-hydrogen) atoms. The second-order valence-electron chi connectivity index (χ2n) is 5.59. The van der Waals surface area contributed by atoms with Crippen molar-refractivity contribution in [3.05, 3.63) is 35.7 Å². The van der Waals surface area contributed by atoms with Crippen molar-refractivity contribution in [3.63, 3.8) is 0 Å². The number of aromatic nitrogens is 2. The highest BCUT2D eigenvalue weighted by molar-refractivity contribution is 5.53. The minimum absolute atomic E-state index is 0.580. The molecule has 0 radical (unpaired) electrons. The maximum absolute atomic E-state index is 5.40.